The molecule has 0 bridgehead atoms. The van der Waals surface area contributed by atoms with Crippen LogP contribution in [0.15, 0.2) is 30.5 Å². The third kappa shape index (κ3) is 4.45. The van der Waals surface area contributed by atoms with Crippen molar-refractivity contribution in [1.29, 1.82) is 0 Å². The number of pyridine rings is 1. The summed E-state index contributed by atoms with van der Waals surface area (Å²) in [6.07, 6.45) is 1.78. The van der Waals surface area contributed by atoms with E-state index in [-0.39, 0.29) is 12.0 Å². The number of rotatable bonds is 5. The van der Waals surface area contributed by atoms with Crippen LogP contribution < -0.4 is 10.1 Å². The summed E-state index contributed by atoms with van der Waals surface area (Å²) in [4.78, 5) is 16.7. The third-order valence-electron chi connectivity index (χ3n) is 3.31. The molecule has 1 aromatic carbocycles. The van der Waals surface area contributed by atoms with Crippen LogP contribution in [-0.4, -0.2) is 17.0 Å². The lowest BCUT2D eigenvalue weighted by atomic mass is 10.1. The van der Waals surface area contributed by atoms with Crippen molar-refractivity contribution < 1.29 is 9.53 Å². The molecule has 0 saturated heterocycles. The number of halogens is 1. The molecule has 5 heteroatoms. The Bertz CT molecular complexity index is 714. The van der Waals surface area contributed by atoms with Gasteiger partial charge in [-0.05, 0) is 51.0 Å². The van der Waals surface area contributed by atoms with Crippen LogP contribution in [0.2, 0.25) is 5.02 Å². The first-order chi connectivity index (χ1) is 10.9. The van der Waals surface area contributed by atoms with Crippen LogP contribution in [0, 0.1) is 13.8 Å². The molecule has 0 aliphatic heterocycles. The largest absolute Gasteiger partial charge is 0.489 e. The van der Waals surface area contributed by atoms with Crippen LogP contribution in [0.1, 0.15) is 41.0 Å². The van der Waals surface area contributed by atoms with E-state index >= 15 is 0 Å². The molecule has 1 aromatic heterocycles. The lowest BCUT2D eigenvalue weighted by Crippen LogP contribution is -2.24. The van der Waals surface area contributed by atoms with Crippen molar-refractivity contribution in [3.05, 3.63) is 57.9 Å². The number of carbonyl (C=O) groups excluding carboxylic acids is 1. The van der Waals surface area contributed by atoms with Gasteiger partial charge in [0, 0.05) is 6.20 Å². The number of hydrogen-bond donors (Lipinski definition) is 1. The number of carbonyl (C=O) groups is 1. The first-order valence-electron chi connectivity index (χ1n) is 7.54. The Morgan fingerprint density at radius 1 is 1.35 bits per heavy atom. The minimum Gasteiger partial charge on any atom is -0.489 e. The molecule has 0 aliphatic rings. The van der Waals surface area contributed by atoms with Gasteiger partial charge >= 0.3 is 0 Å². The van der Waals surface area contributed by atoms with E-state index in [1.807, 2.05) is 33.8 Å². The Labute approximate surface area is 141 Å². The van der Waals surface area contributed by atoms with Gasteiger partial charge in [-0.25, -0.2) is 0 Å². The number of ether oxygens (including phenoxy) is 1. The highest BCUT2D eigenvalue weighted by atomic mass is 35.5. The molecule has 2 rings (SSSR count). The molecular weight excluding hydrogens is 312 g/mol. The molecule has 0 fully saturated rings. The molecule has 23 heavy (non-hydrogen) atoms. The topological polar surface area (TPSA) is 51.2 Å². The summed E-state index contributed by atoms with van der Waals surface area (Å²) in [6, 6.07) is 7.23. The molecule has 0 atom stereocenters. The minimum atomic E-state index is -0.244. The molecule has 0 aliphatic carbocycles. The highest BCUT2D eigenvalue weighted by Gasteiger charge is 2.15. The molecule has 1 heterocycles. The van der Waals surface area contributed by atoms with Crippen LogP contribution in [0.25, 0.3) is 0 Å². The van der Waals surface area contributed by atoms with Crippen molar-refractivity contribution in [2.45, 2.75) is 40.3 Å². The maximum Gasteiger partial charge on any atom is 0.253 e. The standard InChI is InChI=1S/C18H21ClN2O2/c1-11(2)23-16-7-5-6-14(17(16)19)18(22)21-10-15-13(4)8-12(3)9-20-15/h5-9,11H,10H2,1-4H3,(H,21,22). The van der Waals surface area contributed by atoms with Gasteiger partial charge in [0.05, 0.1) is 28.9 Å². The summed E-state index contributed by atoms with van der Waals surface area (Å²) >= 11 is 6.28. The molecule has 0 saturated carbocycles. The van der Waals surface area contributed by atoms with Gasteiger partial charge in [-0.3, -0.25) is 9.78 Å². The first kappa shape index (κ1) is 17.3. The van der Waals surface area contributed by atoms with Crippen molar-refractivity contribution >= 4 is 17.5 Å². The predicted octanol–water partition coefficient (Wildman–Crippen LogP) is 4.07. The van der Waals surface area contributed by atoms with Gasteiger partial charge in [0.25, 0.3) is 5.91 Å². The zero-order valence-electron chi connectivity index (χ0n) is 13.8. The van der Waals surface area contributed by atoms with Crippen LogP contribution >= 0.6 is 11.6 Å². The summed E-state index contributed by atoms with van der Waals surface area (Å²) in [5.41, 5.74) is 3.39. The van der Waals surface area contributed by atoms with Crippen molar-refractivity contribution in [3.63, 3.8) is 0 Å². The number of amides is 1. The van der Waals surface area contributed by atoms with Gasteiger partial charge in [0.2, 0.25) is 0 Å². The van der Waals surface area contributed by atoms with Gasteiger partial charge in [0.1, 0.15) is 5.75 Å². The Kier molecular flexibility index (Phi) is 5.61. The summed E-state index contributed by atoms with van der Waals surface area (Å²) in [5.74, 6) is 0.268. The fourth-order valence-corrected chi connectivity index (χ4v) is 2.48. The van der Waals surface area contributed by atoms with Crippen molar-refractivity contribution in [3.8, 4) is 5.75 Å². The quantitative estimate of drug-likeness (QED) is 0.898. The number of nitrogens with zero attached hydrogens (tertiary/aromatic N) is 1. The summed E-state index contributed by atoms with van der Waals surface area (Å²) in [5, 5.41) is 3.18. The Hall–Kier alpha value is -2.07. The van der Waals surface area contributed by atoms with E-state index in [2.05, 4.69) is 10.3 Å². The fourth-order valence-electron chi connectivity index (χ4n) is 2.22. The highest BCUT2D eigenvalue weighted by molar-refractivity contribution is 6.35. The second kappa shape index (κ2) is 7.47. The molecule has 1 N–H and O–H groups in total. The molecular formula is C18H21ClN2O2. The van der Waals surface area contributed by atoms with Gasteiger partial charge in [-0.15, -0.1) is 0 Å². The van der Waals surface area contributed by atoms with Gasteiger partial charge in [-0.1, -0.05) is 23.7 Å². The zero-order chi connectivity index (χ0) is 17.0. The highest BCUT2D eigenvalue weighted by Crippen LogP contribution is 2.29. The Balaban J connectivity index is 2.12. The van der Waals surface area contributed by atoms with E-state index in [9.17, 15) is 4.79 Å². The van der Waals surface area contributed by atoms with Gasteiger partial charge in [0.15, 0.2) is 0 Å². The maximum atomic E-state index is 12.4. The fraction of sp³-hybridized carbons (Fsp3) is 0.333. The summed E-state index contributed by atoms with van der Waals surface area (Å²) in [6.45, 7) is 8.15. The number of hydrogen-bond acceptors (Lipinski definition) is 3. The lowest BCUT2D eigenvalue weighted by molar-refractivity contribution is 0.0950. The van der Waals surface area contributed by atoms with Crippen molar-refractivity contribution in [2.24, 2.45) is 0 Å². The maximum absolute atomic E-state index is 12.4. The molecule has 2 aromatic rings. The lowest BCUT2D eigenvalue weighted by Gasteiger charge is -2.14. The normalized spacial score (nSPS) is 10.7. The van der Waals surface area contributed by atoms with E-state index in [0.717, 1.165) is 16.8 Å². The number of benzene rings is 1. The summed E-state index contributed by atoms with van der Waals surface area (Å²) in [7, 11) is 0. The van der Waals surface area contributed by atoms with Crippen molar-refractivity contribution in [2.75, 3.05) is 0 Å². The second-order valence-electron chi connectivity index (χ2n) is 5.74. The van der Waals surface area contributed by atoms with E-state index in [0.29, 0.717) is 22.9 Å². The van der Waals surface area contributed by atoms with E-state index < -0.39 is 0 Å². The first-order valence-corrected chi connectivity index (χ1v) is 7.91. The summed E-state index contributed by atoms with van der Waals surface area (Å²) < 4.78 is 5.61. The molecule has 4 nitrogen and oxygen atoms in total. The van der Waals surface area contributed by atoms with Gasteiger partial charge < -0.3 is 10.1 Å². The second-order valence-corrected chi connectivity index (χ2v) is 6.12. The smallest absolute Gasteiger partial charge is 0.253 e. The van der Waals surface area contributed by atoms with Crippen LogP contribution in [0.3, 0.4) is 0 Å². The minimum absolute atomic E-state index is 0.00906. The molecule has 0 spiro atoms. The number of aromatic nitrogens is 1. The zero-order valence-corrected chi connectivity index (χ0v) is 14.6. The SMILES string of the molecule is Cc1cnc(CNC(=O)c2cccc(OC(C)C)c2Cl)c(C)c1. The molecule has 0 unspecified atom stereocenters. The molecule has 0 radical (unpaired) electrons. The van der Waals surface area contributed by atoms with Crippen molar-refractivity contribution in [1.82, 2.24) is 10.3 Å². The average Bonchev–Trinajstić information content (AvgIpc) is 2.48. The Morgan fingerprint density at radius 2 is 2.09 bits per heavy atom. The van der Waals surface area contributed by atoms with Crippen LogP contribution in [0.4, 0.5) is 0 Å². The molecule has 122 valence electrons. The van der Waals surface area contributed by atoms with E-state index in [1.165, 1.54) is 0 Å². The van der Waals surface area contributed by atoms with E-state index in [1.54, 1.807) is 24.4 Å². The monoisotopic (exact) mass is 332 g/mol. The Morgan fingerprint density at radius 3 is 2.74 bits per heavy atom. The molecule has 1 amide bonds. The van der Waals surface area contributed by atoms with Gasteiger partial charge in [-0.2, -0.15) is 0 Å². The van der Waals surface area contributed by atoms with E-state index in [4.69, 9.17) is 16.3 Å². The van der Waals surface area contributed by atoms with Crippen LogP contribution in [0.5, 0.6) is 5.75 Å². The average molecular weight is 333 g/mol. The third-order valence-corrected chi connectivity index (χ3v) is 3.70. The number of aryl methyl sites for hydroxylation is 2. The predicted molar refractivity (Wildman–Crippen MR) is 92.1 cm³/mol. The number of nitrogens with one attached hydrogen (secondary N) is 1. The van der Waals surface area contributed by atoms with Crippen LogP contribution in [-0.2, 0) is 6.54 Å².